The van der Waals surface area contributed by atoms with E-state index in [1.807, 2.05) is 0 Å². The SMILES string of the molecule is CC1CCCCN1Cc1ccc(CNC(=O)c2cccc(NC(=O)c3ccco3)c2)cc1. The van der Waals surface area contributed by atoms with Gasteiger partial charge in [0.05, 0.1) is 6.26 Å². The Balaban J connectivity index is 1.30. The van der Waals surface area contributed by atoms with Crippen molar-refractivity contribution in [3.63, 3.8) is 0 Å². The minimum atomic E-state index is -0.355. The molecule has 1 aromatic heterocycles. The summed E-state index contributed by atoms with van der Waals surface area (Å²) in [5, 5.41) is 5.69. The maximum atomic E-state index is 12.6. The summed E-state index contributed by atoms with van der Waals surface area (Å²) in [5.41, 5.74) is 3.37. The highest BCUT2D eigenvalue weighted by atomic mass is 16.3. The van der Waals surface area contributed by atoms with Gasteiger partial charge in [-0.2, -0.15) is 0 Å². The molecule has 0 aliphatic carbocycles. The molecule has 3 aromatic rings. The van der Waals surface area contributed by atoms with Crippen LogP contribution in [-0.4, -0.2) is 29.3 Å². The molecule has 0 bridgehead atoms. The largest absolute Gasteiger partial charge is 0.459 e. The van der Waals surface area contributed by atoms with E-state index in [1.165, 1.54) is 37.6 Å². The third kappa shape index (κ3) is 5.65. The minimum Gasteiger partial charge on any atom is -0.459 e. The second-order valence-electron chi connectivity index (χ2n) is 8.33. The molecule has 1 fully saturated rings. The van der Waals surface area contributed by atoms with Gasteiger partial charge in [-0.15, -0.1) is 0 Å². The maximum absolute atomic E-state index is 12.6. The smallest absolute Gasteiger partial charge is 0.291 e. The fourth-order valence-electron chi connectivity index (χ4n) is 4.01. The number of hydrogen-bond acceptors (Lipinski definition) is 4. The van der Waals surface area contributed by atoms with E-state index < -0.39 is 0 Å². The van der Waals surface area contributed by atoms with Crippen molar-refractivity contribution in [1.82, 2.24) is 10.2 Å². The average Bonchev–Trinajstić information content (AvgIpc) is 3.35. The van der Waals surface area contributed by atoms with Gasteiger partial charge in [0.1, 0.15) is 0 Å². The number of piperidine rings is 1. The Labute approximate surface area is 188 Å². The molecule has 1 atom stereocenters. The third-order valence-electron chi connectivity index (χ3n) is 5.93. The molecule has 1 unspecified atom stereocenters. The molecule has 2 N–H and O–H groups in total. The Morgan fingerprint density at radius 1 is 1.00 bits per heavy atom. The van der Waals surface area contributed by atoms with Crippen molar-refractivity contribution in [3.8, 4) is 0 Å². The van der Waals surface area contributed by atoms with Crippen LogP contribution in [0, 0.1) is 0 Å². The molecule has 2 amide bonds. The number of likely N-dealkylation sites (tertiary alicyclic amines) is 1. The predicted molar refractivity (Wildman–Crippen MR) is 124 cm³/mol. The number of hydrogen-bond donors (Lipinski definition) is 2. The van der Waals surface area contributed by atoms with E-state index in [0.717, 1.165) is 12.1 Å². The summed E-state index contributed by atoms with van der Waals surface area (Å²) < 4.78 is 5.09. The second-order valence-corrected chi connectivity index (χ2v) is 8.33. The van der Waals surface area contributed by atoms with E-state index in [2.05, 4.69) is 46.7 Å². The zero-order chi connectivity index (χ0) is 22.3. The third-order valence-corrected chi connectivity index (χ3v) is 5.93. The molecule has 6 nitrogen and oxygen atoms in total. The van der Waals surface area contributed by atoms with Crippen LogP contribution in [0.25, 0.3) is 0 Å². The van der Waals surface area contributed by atoms with Crippen molar-refractivity contribution in [3.05, 3.63) is 89.4 Å². The number of rotatable bonds is 7. The number of carbonyl (C=O) groups is 2. The summed E-state index contributed by atoms with van der Waals surface area (Å²) >= 11 is 0. The highest BCUT2D eigenvalue weighted by Gasteiger charge is 2.18. The second kappa shape index (κ2) is 10.3. The molecule has 0 saturated carbocycles. The molecular weight excluding hydrogens is 402 g/mol. The number of carbonyl (C=O) groups excluding carboxylic acids is 2. The lowest BCUT2D eigenvalue weighted by molar-refractivity contribution is 0.0949. The Bertz CT molecular complexity index is 1040. The van der Waals surface area contributed by atoms with Crippen LogP contribution >= 0.6 is 0 Å². The molecule has 2 aromatic carbocycles. The molecular formula is C26H29N3O3. The highest BCUT2D eigenvalue weighted by molar-refractivity contribution is 6.03. The Morgan fingerprint density at radius 3 is 2.56 bits per heavy atom. The van der Waals surface area contributed by atoms with Crippen LogP contribution in [0.3, 0.4) is 0 Å². The fourth-order valence-corrected chi connectivity index (χ4v) is 4.01. The molecule has 166 valence electrons. The van der Waals surface area contributed by atoms with Gasteiger partial charge in [-0.05, 0) is 67.8 Å². The lowest BCUT2D eigenvalue weighted by Gasteiger charge is -2.33. The first kappa shape index (κ1) is 21.8. The normalized spacial score (nSPS) is 16.5. The summed E-state index contributed by atoms with van der Waals surface area (Å²) in [5.74, 6) is -0.324. The Kier molecular flexibility index (Phi) is 7.02. The number of benzene rings is 2. The van der Waals surface area contributed by atoms with Gasteiger partial charge in [-0.1, -0.05) is 36.8 Å². The molecule has 4 rings (SSSR count). The summed E-state index contributed by atoms with van der Waals surface area (Å²) in [6.45, 7) is 4.90. The van der Waals surface area contributed by atoms with Crippen LogP contribution in [-0.2, 0) is 13.1 Å². The highest BCUT2D eigenvalue weighted by Crippen LogP contribution is 2.19. The zero-order valence-corrected chi connectivity index (χ0v) is 18.3. The van der Waals surface area contributed by atoms with Crippen LogP contribution in [0.15, 0.2) is 71.3 Å². The van der Waals surface area contributed by atoms with E-state index in [9.17, 15) is 9.59 Å². The Hall–Kier alpha value is -3.38. The van der Waals surface area contributed by atoms with Crippen molar-refractivity contribution in [1.29, 1.82) is 0 Å². The van der Waals surface area contributed by atoms with Crippen LogP contribution in [0.1, 0.15) is 58.2 Å². The molecule has 1 saturated heterocycles. The monoisotopic (exact) mass is 431 g/mol. The lowest BCUT2D eigenvalue weighted by Crippen LogP contribution is -2.36. The standard InChI is InChI=1S/C26H29N3O3/c1-19-6-2-3-14-29(19)18-21-12-10-20(11-13-21)17-27-25(30)22-7-4-8-23(16-22)28-26(31)24-9-5-15-32-24/h4-5,7-13,15-16,19H,2-3,6,14,17-18H2,1H3,(H,27,30)(H,28,31). The van der Waals surface area contributed by atoms with Crippen molar-refractivity contribution in [2.45, 2.75) is 45.3 Å². The molecule has 1 aliphatic heterocycles. The predicted octanol–water partition coefficient (Wildman–Crippen LogP) is 4.84. The zero-order valence-electron chi connectivity index (χ0n) is 18.3. The maximum Gasteiger partial charge on any atom is 0.291 e. The van der Waals surface area contributed by atoms with Crippen LogP contribution in [0.5, 0.6) is 0 Å². The summed E-state index contributed by atoms with van der Waals surface area (Å²) in [6, 6.07) is 19.2. The number of amides is 2. The van der Waals surface area contributed by atoms with Gasteiger partial charge in [0, 0.05) is 30.4 Å². The van der Waals surface area contributed by atoms with Gasteiger partial charge in [-0.3, -0.25) is 14.5 Å². The van der Waals surface area contributed by atoms with E-state index >= 15 is 0 Å². The molecule has 2 heterocycles. The van der Waals surface area contributed by atoms with E-state index in [0.29, 0.717) is 23.8 Å². The van der Waals surface area contributed by atoms with Crippen LogP contribution in [0.4, 0.5) is 5.69 Å². The Morgan fingerprint density at radius 2 is 1.81 bits per heavy atom. The first-order chi connectivity index (χ1) is 15.6. The van der Waals surface area contributed by atoms with Gasteiger partial charge in [-0.25, -0.2) is 0 Å². The minimum absolute atomic E-state index is 0.190. The average molecular weight is 432 g/mol. The van der Waals surface area contributed by atoms with E-state index in [1.54, 1.807) is 36.4 Å². The van der Waals surface area contributed by atoms with Crippen molar-refractivity contribution in [2.75, 3.05) is 11.9 Å². The summed E-state index contributed by atoms with van der Waals surface area (Å²) in [4.78, 5) is 27.3. The lowest BCUT2D eigenvalue weighted by atomic mass is 10.0. The molecule has 6 heteroatoms. The topological polar surface area (TPSA) is 74.6 Å². The fraction of sp³-hybridized carbons (Fsp3) is 0.308. The van der Waals surface area contributed by atoms with Gasteiger partial charge in [0.25, 0.3) is 11.8 Å². The first-order valence-electron chi connectivity index (χ1n) is 11.1. The first-order valence-corrected chi connectivity index (χ1v) is 11.1. The summed E-state index contributed by atoms with van der Waals surface area (Å²) in [6.07, 6.45) is 5.33. The van der Waals surface area contributed by atoms with Crippen LogP contribution in [0.2, 0.25) is 0 Å². The molecule has 32 heavy (non-hydrogen) atoms. The van der Waals surface area contributed by atoms with Gasteiger partial charge in [0.2, 0.25) is 0 Å². The number of nitrogens with one attached hydrogen (secondary N) is 2. The van der Waals surface area contributed by atoms with Gasteiger partial charge in [0.15, 0.2) is 5.76 Å². The summed E-state index contributed by atoms with van der Waals surface area (Å²) in [7, 11) is 0. The van der Waals surface area contributed by atoms with Gasteiger partial charge >= 0.3 is 0 Å². The van der Waals surface area contributed by atoms with Crippen molar-refractivity contribution in [2.24, 2.45) is 0 Å². The molecule has 0 spiro atoms. The molecule has 0 radical (unpaired) electrons. The number of furan rings is 1. The molecule has 1 aliphatic rings. The van der Waals surface area contributed by atoms with E-state index in [-0.39, 0.29) is 17.6 Å². The number of nitrogens with zero attached hydrogens (tertiary/aromatic N) is 1. The quantitative estimate of drug-likeness (QED) is 0.562. The van der Waals surface area contributed by atoms with Gasteiger partial charge < -0.3 is 15.1 Å². The van der Waals surface area contributed by atoms with Crippen molar-refractivity contribution >= 4 is 17.5 Å². The van der Waals surface area contributed by atoms with E-state index in [4.69, 9.17) is 4.42 Å². The van der Waals surface area contributed by atoms with Crippen LogP contribution < -0.4 is 10.6 Å². The number of anilines is 1. The van der Waals surface area contributed by atoms with Crippen molar-refractivity contribution < 1.29 is 14.0 Å².